The smallest absolute Gasteiger partial charge is 0.409 e. The molecule has 2 amide bonds. The molecule has 4 fully saturated rings. The first-order chi connectivity index (χ1) is 24.6. The Morgan fingerprint density at radius 2 is 1.04 bits per heavy atom. The van der Waals surface area contributed by atoms with E-state index in [4.69, 9.17) is 28.4 Å². The van der Waals surface area contributed by atoms with Crippen molar-refractivity contribution < 1.29 is 38.0 Å². The SMILES string of the molecule is COC(=O)N1CC(c2ccc(OC)c(OC3CCCC3)c2)C(C)(CNCC2(C)CN(C(=O)OC)CC2c2ccc(OC)c(OC3CCCC3)c2)C1. The molecule has 51 heavy (non-hydrogen) atoms. The first-order valence-corrected chi connectivity index (χ1v) is 18.7. The maximum atomic E-state index is 12.9. The lowest BCUT2D eigenvalue weighted by Crippen LogP contribution is -2.44. The Hall–Kier alpha value is -3.86. The predicted molar refractivity (Wildman–Crippen MR) is 194 cm³/mol. The van der Waals surface area contributed by atoms with Crippen LogP contribution >= 0.6 is 0 Å². The highest BCUT2D eigenvalue weighted by Gasteiger charge is 2.49. The van der Waals surface area contributed by atoms with E-state index in [1.807, 2.05) is 12.1 Å². The second kappa shape index (κ2) is 15.8. The Morgan fingerprint density at radius 1 is 0.647 bits per heavy atom. The number of carbonyl (C=O) groups excluding carboxylic acids is 2. The van der Waals surface area contributed by atoms with Crippen molar-refractivity contribution in [1.29, 1.82) is 0 Å². The van der Waals surface area contributed by atoms with Crippen molar-refractivity contribution in [3.8, 4) is 23.0 Å². The monoisotopic (exact) mass is 707 g/mol. The number of nitrogens with one attached hydrogen (secondary N) is 1. The summed E-state index contributed by atoms with van der Waals surface area (Å²) < 4.78 is 34.7. The molecule has 6 rings (SSSR count). The molecule has 11 nitrogen and oxygen atoms in total. The molecule has 2 saturated heterocycles. The summed E-state index contributed by atoms with van der Waals surface area (Å²) in [6.07, 6.45) is 8.64. The minimum atomic E-state index is -0.327. The maximum Gasteiger partial charge on any atom is 0.409 e. The van der Waals surface area contributed by atoms with Gasteiger partial charge in [0.1, 0.15) is 0 Å². The third kappa shape index (κ3) is 7.98. The number of rotatable bonds is 12. The summed E-state index contributed by atoms with van der Waals surface area (Å²) in [4.78, 5) is 29.4. The number of amides is 2. The molecule has 2 heterocycles. The molecule has 0 radical (unpaired) electrons. The molecule has 2 aromatic rings. The number of methoxy groups -OCH3 is 4. The minimum Gasteiger partial charge on any atom is -0.493 e. The second-order valence-corrected chi connectivity index (χ2v) is 15.6. The number of likely N-dealkylation sites (tertiary alicyclic amines) is 2. The van der Waals surface area contributed by atoms with E-state index in [0.717, 1.165) is 59.8 Å². The van der Waals surface area contributed by atoms with Gasteiger partial charge in [-0.05, 0) is 86.8 Å². The lowest BCUT2D eigenvalue weighted by Gasteiger charge is -2.35. The van der Waals surface area contributed by atoms with Crippen molar-refractivity contribution in [1.82, 2.24) is 15.1 Å². The average Bonchev–Trinajstić information content (AvgIpc) is 3.96. The van der Waals surface area contributed by atoms with Crippen molar-refractivity contribution in [2.45, 2.75) is 89.3 Å². The molecule has 4 unspecified atom stereocenters. The van der Waals surface area contributed by atoms with Gasteiger partial charge in [0, 0.05) is 61.9 Å². The molecule has 2 saturated carbocycles. The highest BCUT2D eigenvalue weighted by molar-refractivity contribution is 5.69. The van der Waals surface area contributed by atoms with E-state index < -0.39 is 0 Å². The van der Waals surface area contributed by atoms with Crippen LogP contribution in [0.1, 0.15) is 88.2 Å². The zero-order chi connectivity index (χ0) is 36.2. The summed E-state index contributed by atoms with van der Waals surface area (Å²) >= 11 is 0. The van der Waals surface area contributed by atoms with Crippen LogP contribution in [0.5, 0.6) is 23.0 Å². The lowest BCUT2D eigenvalue weighted by molar-refractivity contribution is 0.126. The van der Waals surface area contributed by atoms with Crippen LogP contribution in [0.4, 0.5) is 9.59 Å². The van der Waals surface area contributed by atoms with Crippen molar-refractivity contribution in [3.63, 3.8) is 0 Å². The zero-order valence-corrected chi connectivity index (χ0v) is 31.3. The summed E-state index contributed by atoms with van der Waals surface area (Å²) in [6, 6.07) is 12.4. The van der Waals surface area contributed by atoms with Gasteiger partial charge in [-0.2, -0.15) is 0 Å². The molecule has 0 bridgehead atoms. The van der Waals surface area contributed by atoms with Crippen LogP contribution in [-0.2, 0) is 9.47 Å². The molecule has 1 N–H and O–H groups in total. The van der Waals surface area contributed by atoms with Crippen molar-refractivity contribution >= 4 is 12.2 Å². The minimum absolute atomic E-state index is 0.0246. The van der Waals surface area contributed by atoms with Gasteiger partial charge in [-0.3, -0.25) is 0 Å². The van der Waals surface area contributed by atoms with Gasteiger partial charge in [-0.25, -0.2) is 9.59 Å². The normalized spacial score (nSPS) is 26.8. The van der Waals surface area contributed by atoms with Gasteiger partial charge in [0.25, 0.3) is 0 Å². The van der Waals surface area contributed by atoms with E-state index >= 15 is 0 Å². The number of hydrogen-bond donors (Lipinski definition) is 1. The van der Waals surface area contributed by atoms with Gasteiger partial charge >= 0.3 is 12.2 Å². The van der Waals surface area contributed by atoms with E-state index in [1.165, 1.54) is 39.9 Å². The molecule has 2 aliphatic heterocycles. The zero-order valence-electron chi connectivity index (χ0n) is 31.3. The number of hydrogen-bond acceptors (Lipinski definition) is 9. The largest absolute Gasteiger partial charge is 0.493 e. The highest BCUT2D eigenvalue weighted by atomic mass is 16.5. The Labute approximate surface area is 303 Å². The van der Waals surface area contributed by atoms with Crippen molar-refractivity contribution in [2.75, 3.05) is 67.7 Å². The molecule has 4 atom stereocenters. The first-order valence-electron chi connectivity index (χ1n) is 18.7. The fourth-order valence-corrected chi connectivity index (χ4v) is 9.02. The van der Waals surface area contributed by atoms with Crippen LogP contribution in [0.25, 0.3) is 0 Å². The van der Waals surface area contributed by atoms with Crippen LogP contribution < -0.4 is 24.3 Å². The third-order valence-electron chi connectivity index (χ3n) is 11.9. The summed E-state index contributed by atoms with van der Waals surface area (Å²) in [5.74, 6) is 3.01. The molecule has 2 aliphatic carbocycles. The van der Waals surface area contributed by atoms with Gasteiger partial charge in [0.2, 0.25) is 0 Å². The summed E-state index contributed by atoms with van der Waals surface area (Å²) in [5.41, 5.74) is 1.58. The van der Waals surface area contributed by atoms with E-state index in [1.54, 1.807) is 24.0 Å². The van der Waals surface area contributed by atoms with Crippen LogP contribution in [0.3, 0.4) is 0 Å². The fraction of sp³-hybridized carbons (Fsp3) is 0.650. The molecule has 4 aliphatic rings. The molecule has 0 spiro atoms. The molecular weight excluding hydrogens is 650 g/mol. The predicted octanol–water partition coefficient (Wildman–Crippen LogP) is 6.98. The highest BCUT2D eigenvalue weighted by Crippen LogP contribution is 2.47. The van der Waals surface area contributed by atoms with Crippen LogP contribution in [0, 0.1) is 10.8 Å². The molecular formula is C40H57N3O8. The molecule has 11 heteroatoms. The first kappa shape index (κ1) is 36.9. The Morgan fingerprint density at radius 3 is 1.39 bits per heavy atom. The van der Waals surface area contributed by atoms with Gasteiger partial charge in [-0.1, -0.05) is 26.0 Å². The quantitative estimate of drug-likeness (QED) is 0.250. The maximum absolute atomic E-state index is 12.9. The average molecular weight is 708 g/mol. The van der Waals surface area contributed by atoms with Gasteiger partial charge in [0.05, 0.1) is 40.6 Å². The standard InChI is InChI=1S/C40H57N3O8/c1-39(25-42(37(44)48-5)21-31(39)27-15-17-33(46-3)35(19-27)50-29-11-7-8-12-29)23-41-24-40(2)26-43(38(45)49-6)22-32(40)28-16-18-34(47-4)36(20-28)51-30-13-9-10-14-30/h15-20,29-32,41H,7-14,21-26H2,1-6H3. The molecule has 0 aromatic heterocycles. The molecule has 2 aromatic carbocycles. The number of benzene rings is 2. The van der Waals surface area contributed by atoms with Crippen molar-refractivity contribution in [2.24, 2.45) is 10.8 Å². The Balaban J connectivity index is 1.23. The topological polar surface area (TPSA) is 108 Å². The van der Waals surface area contributed by atoms with Crippen LogP contribution in [0.15, 0.2) is 36.4 Å². The van der Waals surface area contributed by atoms with Crippen molar-refractivity contribution in [3.05, 3.63) is 47.5 Å². The van der Waals surface area contributed by atoms with E-state index in [2.05, 4.69) is 43.4 Å². The Bertz CT molecular complexity index is 1410. The third-order valence-corrected chi connectivity index (χ3v) is 11.9. The molecule has 280 valence electrons. The number of carbonyl (C=O) groups is 2. The lowest BCUT2D eigenvalue weighted by atomic mass is 9.74. The van der Waals surface area contributed by atoms with E-state index in [9.17, 15) is 9.59 Å². The van der Waals surface area contributed by atoms with Gasteiger partial charge in [0.15, 0.2) is 23.0 Å². The van der Waals surface area contributed by atoms with Gasteiger partial charge < -0.3 is 43.5 Å². The summed E-state index contributed by atoms with van der Waals surface area (Å²) in [7, 11) is 6.22. The van der Waals surface area contributed by atoms with Crippen LogP contribution in [0.2, 0.25) is 0 Å². The Kier molecular flexibility index (Phi) is 11.4. The van der Waals surface area contributed by atoms with E-state index in [-0.39, 0.29) is 47.1 Å². The van der Waals surface area contributed by atoms with Crippen LogP contribution in [-0.4, -0.2) is 102 Å². The number of ether oxygens (including phenoxy) is 6. The fourth-order valence-electron chi connectivity index (χ4n) is 9.02. The number of nitrogens with zero attached hydrogens (tertiary/aromatic N) is 2. The summed E-state index contributed by atoms with van der Waals surface area (Å²) in [5, 5.41) is 3.83. The van der Waals surface area contributed by atoms with Gasteiger partial charge in [-0.15, -0.1) is 0 Å². The van der Waals surface area contributed by atoms with E-state index in [0.29, 0.717) is 39.3 Å². The summed E-state index contributed by atoms with van der Waals surface area (Å²) in [6.45, 7) is 7.91. The second-order valence-electron chi connectivity index (χ2n) is 15.6.